The van der Waals surface area contributed by atoms with Crippen molar-refractivity contribution in [3.8, 4) is 0 Å². The van der Waals surface area contributed by atoms with Gasteiger partial charge >= 0.3 is 11.9 Å². The van der Waals surface area contributed by atoms with Crippen LogP contribution in [0.2, 0.25) is 0 Å². The summed E-state index contributed by atoms with van der Waals surface area (Å²) in [6.07, 6.45) is 0.890. The maximum Gasteiger partial charge on any atom is 0.354 e. The Morgan fingerprint density at radius 1 is 0.913 bits per heavy atom. The summed E-state index contributed by atoms with van der Waals surface area (Å²) in [6.45, 7) is 0. The molecule has 4 atom stereocenters. The second-order valence-electron chi connectivity index (χ2n) is 6.08. The van der Waals surface area contributed by atoms with Gasteiger partial charge < -0.3 is 9.47 Å². The van der Waals surface area contributed by atoms with E-state index in [1.165, 1.54) is 25.3 Å². The van der Waals surface area contributed by atoms with Crippen molar-refractivity contribution in [2.24, 2.45) is 22.0 Å². The highest BCUT2D eigenvalue weighted by Crippen LogP contribution is 2.60. The zero-order valence-corrected chi connectivity index (χ0v) is 12.9. The van der Waals surface area contributed by atoms with Gasteiger partial charge in [-0.3, -0.25) is 0 Å². The molecule has 6 heteroatoms. The van der Waals surface area contributed by atoms with Gasteiger partial charge in [0.05, 0.1) is 14.2 Å². The molecule has 3 aliphatic rings. The molecule has 0 amide bonds. The Bertz CT molecular complexity index is 705. The summed E-state index contributed by atoms with van der Waals surface area (Å²) in [6, 6.07) is 8.19. The summed E-state index contributed by atoms with van der Waals surface area (Å²) in [4.78, 5) is 24.2. The van der Waals surface area contributed by atoms with Crippen molar-refractivity contribution < 1.29 is 19.1 Å². The molecular weight excluding hydrogens is 296 g/mol. The van der Waals surface area contributed by atoms with E-state index in [0.29, 0.717) is 11.4 Å². The second-order valence-corrected chi connectivity index (χ2v) is 6.08. The fourth-order valence-electron chi connectivity index (χ4n) is 4.42. The van der Waals surface area contributed by atoms with Gasteiger partial charge in [0.2, 0.25) is 0 Å². The van der Waals surface area contributed by atoms with Gasteiger partial charge in [0, 0.05) is 11.8 Å². The van der Waals surface area contributed by atoms with Crippen LogP contribution in [0.25, 0.3) is 0 Å². The zero-order valence-electron chi connectivity index (χ0n) is 12.9. The van der Waals surface area contributed by atoms with Crippen LogP contribution in [-0.4, -0.2) is 37.6 Å². The van der Waals surface area contributed by atoms with Crippen LogP contribution in [0.1, 0.15) is 29.4 Å². The molecule has 0 radical (unpaired) electrons. The molecule has 6 nitrogen and oxygen atoms in total. The lowest BCUT2D eigenvalue weighted by Gasteiger charge is -2.34. The third-order valence-corrected chi connectivity index (χ3v) is 5.24. The fourth-order valence-corrected chi connectivity index (χ4v) is 4.42. The highest BCUT2D eigenvalue weighted by atomic mass is 16.5. The summed E-state index contributed by atoms with van der Waals surface area (Å²) < 4.78 is 9.72. The Balaban J connectivity index is 1.86. The Morgan fingerprint density at radius 2 is 1.35 bits per heavy atom. The van der Waals surface area contributed by atoms with Crippen LogP contribution in [0.15, 0.2) is 34.5 Å². The van der Waals surface area contributed by atoms with Crippen molar-refractivity contribution in [3.05, 3.63) is 35.4 Å². The number of rotatable bonds is 2. The summed E-state index contributed by atoms with van der Waals surface area (Å²) in [5.74, 6) is -0.971. The number of esters is 2. The minimum atomic E-state index is -0.474. The number of carbonyl (C=O) groups excluding carboxylic acids is 2. The molecule has 0 saturated heterocycles. The van der Waals surface area contributed by atoms with E-state index >= 15 is 0 Å². The summed E-state index contributed by atoms with van der Waals surface area (Å²) in [5.41, 5.74) is 3.10. The topological polar surface area (TPSA) is 77.3 Å². The van der Waals surface area contributed by atoms with E-state index in [1.807, 2.05) is 12.1 Å². The molecule has 1 aromatic rings. The maximum absolute atomic E-state index is 12.1. The van der Waals surface area contributed by atoms with Crippen LogP contribution >= 0.6 is 0 Å². The van der Waals surface area contributed by atoms with E-state index in [9.17, 15) is 9.59 Å². The largest absolute Gasteiger partial charge is 0.464 e. The number of methoxy groups -OCH3 is 2. The average molecular weight is 312 g/mol. The molecule has 0 N–H and O–H groups in total. The molecule has 1 heterocycles. The second kappa shape index (κ2) is 5.01. The van der Waals surface area contributed by atoms with E-state index in [4.69, 9.17) is 9.47 Å². The molecule has 2 bridgehead atoms. The van der Waals surface area contributed by atoms with Crippen molar-refractivity contribution in [3.63, 3.8) is 0 Å². The van der Waals surface area contributed by atoms with E-state index in [1.54, 1.807) is 0 Å². The molecule has 1 fully saturated rings. The molecule has 4 rings (SSSR count). The van der Waals surface area contributed by atoms with Crippen molar-refractivity contribution in [2.45, 2.75) is 18.3 Å². The Morgan fingerprint density at radius 3 is 1.74 bits per heavy atom. The molecule has 23 heavy (non-hydrogen) atoms. The minimum absolute atomic E-state index is 0.161. The summed E-state index contributed by atoms with van der Waals surface area (Å²) in [7, 11) is 2.67. The van der Waals surface area contributed by atoms with Gasteiger partial charge in [-0.1, -0.05) is 24.3 Å². The average Bonchev–Trinajstić information content (AvgIpc) is 3.17. The smallest absolute Gasteiger partial charge is 0.354 e. The van der Waals surface area contributed by atoms with Crippen LogP contribution < -0.4 is 0 Å². The highest BCUT2D eigenvalue weighted by molar-refractivity contribution is 6.43. The SMILES string of the molecule is COC(=O)C1=NN=C(C(=O)OC)C2C3CC(c4ccccc43)C12. The van der Waals surface area contributed by atoms with Crippen LogP contribution in [0.4, 0.5) is 0 Å². The number of nitrogens with zero attached hydrogens (tertiary/aromatic N) is 2. The Labute approximate surface area is 133 Å². The molecule has 118 valence electrons. The zero-order chi connectivity index (χ0) is 16.1. The predicted octanol–water partition coefficient (Wildman–Crippen LogP) is 1.66. The van der Waals surface area contributed by atoms with Crippen molar-refractivity contribution >= 4 is 23.4 Å². The van der Waals surface area contributed by atoms with E-state index in [-0.39, 0.29) is 23.7 Å². The van der Waals surface area contributed by atoms with E-state index in [0.717, 1.165) is 6.42 Å². The van der Waals surface area contributed by atoms with Gasteiger partial charge in [-0.05, 0) is 29.4 Å². The third kappa shape index (κ3) is 1.81. The molecule has 4 unspecified atom stereocenters. The first-order chi connectivity index (χ1) is 11.2. The quantitative estimate of drug-likeness (QED) is 0.778. The number of carbonyl (C=O) groups is 2. The van der Waals surface area contributed by atoms with Crippen molar-refractivity contribution in [1.29, 1.82) is 0 Å². The third-order valence-electron chi connectivity index (χ3n) is 5.24. The molecule has 1 aliphatic heterocycles. The normalized spacial score (nSPS) is 30.0. The monoisotopic (exact) mass is 312 g/mol. The number of ether oxygens (including phenoxy) is 2. The van der Waals surface area contributed by atoms with E-state index in [2.05, 4.69) is 22.3 Å². The van der Waals surface area contributed by atoms with Gasteiger partial charge in [-0.15, -0.1) is 10.2 Å². The molecular formula is C17H16N2O4. The van der Waals surface area contributed by atoms with Gasteiger partial charge in [0.1, 0.15) is 0 Å². The number of fused-ring (bicyclic) bond motifs is 8. The van der Waals surface area contributed by atoms with Gasteiger partial charge in [0.15, 0.2) is 11.4 Å². The van der Waals surface area contributed by atoms with Gasteiger partial charge in [-0.2, -0.15) is 0 Å². The first-order valence-corrected chi connectivity index (χ1v) is 7.58. The molecule has 1 saturated carbocycles. The number of hydrogen-bond acceptors (Lipinski definition) is 6. The van der Waals surface area contributed by atoms with Gasteiger partial charge in [-0.25, -0.2) is 9.59 Å². The van der Waals surface area contributed by atoms with Crippen molar-refractivity contribution in [1.82, 2.24) is 0 Å². The molecule has 2 aliphatic carbocycles. The lowest BCUT2D eigenvalue weighted by Crippen LogP contribution is -2.43. The molecule has 0 aromatic heterocycles. The number of benzene rings is 1. The minimum Gasteiger partial charge on any atom is -0.464 e. The standard InChI is InChI=1S/C17H16N2O4/c1-22-16(20)14-12-10-7-11(9-6-4-3-5-8(9)10)13(12)15(19-18-14)17(21)23-2/h3-6,10-13H,7H2,1-2H3. The first-order valence-electron chi connectivity index (χ1n) is 7.58. The lowest BCUT2D eigenvalue weighted by molar-refractivity contribution is -0.134. The van der Waals surface area contributed by atoms with Crippen LogP contribution in [0, 0.1) is 11.8 Å². The summed E-state index contributed by atoms with van der Waals surface area (Å²) in [5, 5.41) is 8.03. The van der Waals surface area contributed by atoms with E-state index < -0.39 is 11.9 Å². The first kappa shape index (κ1) is 14.1. The van der Waals surface area contributed by atoms with Gasteiger partial charge in [0.25, 0.3) is 0 Å². The van der Waals surface area contributed by atoms with Crippen LogP contribution in [0.5, 0.6) is 0 Å². The Hall–Kier alpha value is -2.50. The van der Waals surface area contributed by atoms with Crippen LogP contribution in [0.3, 0.4) is 0 Å². The predicted molar refractivity (Wildman–Crippen MR) is 82.4 cm³/mol. The highest BCUT2D eigenvalue weighted by Gasteiger charge is 2.58. The maximum atomic E-state index is 12.1. The molecule has 0 spiro atoms. The fraction of sp³-hybridized carbons (Fsp3) is 0.412. The van der Waals surface area contributed by atoms with Crippen LogP contribution in [-0.2, 0) is 19.1 Å². The number of hydrogen-bond donors (Lipinski definition) is 0. The lowest BCUT2D eigenvalue weighted by atomic mass is 9.71. The Kier molecular flexibility index (Phi) is 3.07. The molecule has 1 aromatic carbocycles. The van der Waals surface area contributed by atoms with Crippen molar-refractivity contribution in [2.75, 3.05) is 14.2 Å². The summed E-state index contributed by atoms with van der Waals surface area (Å²) >= 11 is 0.